The molecule has 2 rings (SSSR count). The summed E-state index contributed by atoms with van der Waals surface area (Å²) in [6, 6.07) is 1.31. The van der Waals surface area contributed by atoms with Crippen molar-refractivity contribution in [3.8, 4) is 5.75 Å². The summed E-state index contributed by atoms with van der Waals surface area (Å²) in [6.45, 7) is 0. The minimum absolute atomic E-state index is 0. The summed E-state index contributed by atoms with van der Waals surface area (Å²) < 4.78 is 13.3. The molecule has 0 aromatic heterocycles. The molecule has 1 aromatic carbocycles. The number of rotatable bonds is 3. The van der Waals surface area contributed by atoms with Crippen LogP contribution < -0.4 is 5.73 Å². The molecule has 1 aliphatic carbocycles. The molecule has 0 spiro atoms. The highest BCUT2D eigenvalue weighted by Gasteiger charge is 2.29. The molecule has 0 unspecified atom stereocenters. The topological polar surface area (TPSA) is 89.4 Å². The van der Waals surface area contributed by atoms with Crippen LogP contribution >= 0.6 is 12.4 Å². The number of non-ortho nitro benzene ring substituents is 1. The van der Waals surface area contributed by atoms with Crippen LogP contribution in [0.2, 0.25) is 0 Å². The highest BCUT2D eigenvalue weighted by Crippen LogP contribution is 2.40. The van der Waals surface area contributed by atoms with Crippen LogP contribution in [0.25, 0.3) is 0 Å². The molecule has 0 saturated heterocycles. The molecule has 0 heterocycles. The Labute approximate surface area is 109 Å². The lowest BCUT2D eigenvalue weighted by molar-refractivity contribution is -0.385. The Morgan fingerprint density at radius 3 is 2.56 bits per heavy atom. The van der Waals surface area contributed by atoms with Gasteiger partial charge < -0.3 is 10.8 Å². The third kappa shape index (κ3) is 2.54. The summed E-state index contributed by atoms with van der Waals surface area (Å²) in [4.78, 5) is 9.91. The maximum atomic E-state index is 13.3. The van der Waals surface area contributed by atoms with Gasteiger partial charge in [-0.2, -0.15) is 0 Å². The average molecular weight is 277 g/mol. The van der Waals surface area contributed by atoms with E-state index in [4.69, 9.17) is 5.73 Å². The van der Waals surface area contributed by atoms with E-state index in [0.29, 0.717) is 6.07 Å². The van der Waals surface area contributed by atoms with Crippen LogP contribution in [0.3, 0.4) is 0 Å². The molecular formula is C11H14ClFN2O3. The van der Waals surface area contributed by atoms with Crippen molar-refractivity contribution in [3.63, 3.8) is 0 Å². The minimum Gasteiger partial charge on any atom is -0.505 e. The van der Waals surface area contributed by atoms with Crippen LogP contribution in [0.5, 0.6) is 5.75 Å². The van der Waals surface area contributed by atoms with Crippen LogP contribution in [-0.2, 0) is 0 Å². The first-order valence-corrected chi connectivity index (χ1v) is 5.43. The van der Waals surface area contributed by atoms with Crippen molar-refractivity contribution in [2.24, 2.45) is 11.7 Å². The Morgan fingerprint density at radius 2 is 2.11 bits per heavy atom. The van der Waals surface area contributed by atoms with Gasteiger partial charge in [0.05, 0.1) is 11.0 Å². The molecule has 1 atom stereocenters. The lowest BCUT2D eigenvalue weighted by Crippen LogP contribution is -2.27. The van der Waals surface area contributed by atoms with Gasteiger partial charge >= 0.3 is 0 Å². The van der Waals surface area contributed by atoms with Gasteiger partial charge in [-0.25, -0.2) is 4.39 Å². The third-order valence-electron chi connectivity index (χ3n) is 3.31. The first-order valence-electron chi connectivity index (χ1n) is 5.43. The van der Waals surface area contributed by atoms with Crippen molar-refractivity contribution in [2.75, 3.05) is 0 Å². The first kappa shape index (κ1) is 14.7. The van der Waals surface area contributed by atoms with Gasteiger partial charge in [-0.05, 0) is 18.8 Å². The van der Waals surface area contributed by atoms with Crippen LogP contribution in [0.15, 0.2) is 12.1 Å². The summed E-state index contributed by atoms with van der Waals surface area (Å²) in [5, 5.41) is 20.2. The molecule has 1 aromatic rings. The third-order valence-corrected chi connectivity index (χ3v) is 3.31. The highest BCUT2D eigenvalue weighted by molar-refractivity contribution is 5.85. The number of nitro groups is 1. The molecule has 5 nitrogen and oxygen atoms in total. The molecule has 1 fully saturated rings. The second-order valence-electron chi connectivity index (χ2n) is 4.34. The predicted molar refractivity (Wildman–Crippen MR) is 66.2 cm³/mol. The zero-order valence-corrected chi connectivity index (χ0v) is 10.3. The normalized spacial score (nSPS) is 16.6. The van der Waals surface area contributed by atoms with E-state index in [1.54, 1.807) is 0 Å². The van der Waals surface area contributed by atoms with E-state index in [-0.39, 0.29) is 29.6 Å². The Bertz CT molecular complexity index is 466. The Hall–Kier alpha value is -1.40. The van der Waals surface area contributed by atoms with Crippen LogP contribution in [0, 0.1) is 21.8 Å². The van der Waals surface area contributed by atoms with Crippen molar-refractivity contribution >= 4 is 18.1 Å². The second kappa shape index (κ2) is 5.49. The summed E-state index contributed by atoms with van der Waals surface area (Å²) in [5.41, 5.74) is 5.63. The number of nitrogens with zero attached hydrogens (tertiary/aromatic N) is 1. The Balaban J connectivity index is 0.00000162. The number of nitrogens with two attached hydrogens (primary N) is 1. The van der Waals surface area contributed by atoms with E-state index in [0.717, 1.165) is 25.3 Å². The summed E-state index contributed by atoms with van der Waals surface area (Å²) >= 11 is 0. The standard InChI is InChI=1S/C11H13FN2O3.ClH/c12-9-5-7(14(16)17)4-8(11(9)15)10(13)6-2-1-3-6;/h4-6,10,15H,1-3,13H2;1H/t10-;/m0./s1. The molecule has 1 aliphatic rings. The number of phenolic OH excluding ortho intramolecular Hbond substituents is 1. The number of nitro benzene ring substituents is 1. The number of phenols is 1. The summed E-state index contributed by atoms with van der Waals surface area (Å²) in [5.74, 6) is -1.40. The lowest BCUT2D eigenvalue weighted by Gasteiger charge is -2.31. The van der Waals surface area contributed by atoms with Gasteiger partial charge in [-0.3, -0.25) is 10.1 Å². The molecule has 0 bridgehead atoms. The fraction of sp³-hybridized carbons (Fsp3) is 0.455. The molecule has 1 saturated carbocycles. The van der Waals surface area contributed by atoms with Gasteiger partial charge in [0.2, 0.25) is 0 Å². The predicted octanol–water partition coefficient (Wildman–Crippen LogP) is 2.66. The Kier molecular flexibility index (Phi) is 4.48. The van der Waals surface area contributed by atoms with Crippen molar-refractivity contribution in [1.82, 2.24) is 0 Å². The van der Waals surface area contributed by atoms with Gasteiger partial charge in [0.1, 0.15) is 0 Å². The van der Waals surface area contributed by atoms with Crippen LogP contribution in [0.4, 0.5) is 10.1 Å². The number of hydrogen-bond donors (Lipinski definition) is 2. The maximum Gasteiger partial charge on any atom is 0.272 e. The average Bonchev–Trinajstić information content (AvgIpc) is 2.18. The number of aromatic hydroxyl groups is 1. The van der Waals surface area contributed by atoms with E-state index in [9.17, 15) is 19.6 Å². The minimum atomic E-state index is -0.996. The molecule has 0 aliphatic heterocycles. The molecule has 3 N–H and O–H groups in total. The van der Waals surface area contributed by atoms with Crippen molar-refractivity contribution in [3.05, 3.63) is 33.6 Å². The summed E-state index contributed by atoms with van der Waals surface area (Å²) in [7, 11) is 0. The quantitative estimate of drug-likeness (QED) is 0.656. The molecular weight excluding hydrogens is 263 g/mol. The maximum absolute atomic E-state index is 13.3. The van der Waals surface area contributed by atoms with Gasteiger partial charge in [0.25, 0.3) is 5.69 Å². The Morgan fingerprint density at radius 1 is 1.50 bits per heavy atom. The van der Waals surface area contributed by atoms with Gasteiger partial charge in [0.15, 0.2) is 11.6 Å². The SMILES string of the molecule is Cl.N[C@H](c1cc([N+](=O)[O-])cc(F)c1O)C1CCC1. The van der Waals surface area contributed by atoms with E-state index in [1.807, 2.05) is 0 Å². The van der Waals surface area contributed by atoms with Gasteiger partial charge in [-0.1, -0.05) is 6.42 Å². The van der Waals surface area contributed by atoms with Crippen molar-refractivity contribution in [2.45, 2.75) is 25.3 Å². The largest absolute Gasteiger partial charge is 0.505 e. The molecule has 0 radical (unpaired) electrons. The number of halogens is 2. The van der Waals surface area contributed by atoms with Crippen LogP contribution in [0.1, 0.15) is 30.9 Å². The molecule has 18 heavy (non-hydrogen) atoms. The monoisotopic (exact) mass is 276 g/mol. The highest BCUT2D eigenvalue weighted by atomic mass is 35.5. The fourth-order valence-corrected chi connectivity index (χ4v) is 2.02. The zero-order valence-electron chi connectivity index (χ0n) is 9.51. The van der Waals surface area contributed by atoms with Crippen molar-refractivity contribution in [1.29, 1.82) is 0 Å². The van der Waals surface area contributed by atoms with E-state index in [2.05, 4.69) is 0 Å². The summed E-state index contributed by atoms with van der Waals surface area (Å²) in [6.07, 6.45) is 2.87. The zero-order chi connectivity index (χ0) is 12.6. The van der Waals surface area contributed by atoms with Gasteiger partial charge in [0, 0.05) is 17.7 Å². The van der Waals surface area contributed by atoms with Crippen molar-refractivity contribution < 1.29 is 14.4 Å². The number of hydrogen-bond acceptors (Lipinski definition) is 4. The van der Waals surface area contributed by atoms with E-state index in [1.165, 1.54) is 0 Å². The lowest BCUT2D eigenvalue weighted by atomic mass is 9.77. The molecule has 100 valence electrons. The second-order valence-corrected chi connectivity index (χ2v) is 4.34. The van der Waals surface area contributed by atoms with Crippen LogP contribution in [-0.4, -0.2) is 10.0 Å². The smallest absolute Gasteiger partial charge is 0.272 e. The fourth-order valence-electron chi connectivity index (χ4n) is 2.02. The number of benzene rings is 1. The molecule has 0 amide bonds. The van der Waals surface area contributed by atoms with E-state index >= 15 is 0 Å². The van der Waals surface area contributed by atoms with E-state index < -0.39 is 22.5 Å². The first-order chi connectivity index (χ1) is 8.00. The van der Waals surface area contributed by atoms with Gasteiger partial charge in [-0.15, -0.1) is 12.4 Å². The molecule has 7 heteroatoms.